The number of allylic oxidation sites excluding steroid dienone is 1. The van der Waals surface area contributed by atoms with E-state index < -0.39 is 11.5 Å². The molecule has 1 atom stereocenters. The van der Waals surface area contributed by atoms with Crippen molar-refractivity contribution in [2.24, 2.45) is 5.73 Å². The maximum atomic E-state index is 13.5. The number of hydrogen-bond acceptors (Lipinski definition) is 9. The van der Waals surface area contributed by atoms with Crippen LogP contribution in [0, 0.1) is 22.7 Å². The first-order valence-corrected chi connectivity index (χ1v) is 11.5. The van der Waals surface area contributed by atoms with Gasteiger partial charge in [0.2, 0.25) is 0 Å². The number of aromatic nitrogens is 1. The largest absolute Gasteiger partial charge is 0.493 e. The van der Waals surface area contributed by atoms with Crippen LogP contribution in [0.1, 0.15) is 17.0 Å². The molecule has 4 rings (SSSR count). The number of methoxy groups -OCH3 is 4. The van der Waals surface area contributed by atoms with Gasteiger partial charge in [-0.05, 0) is 18.2 Å². The zero-order valence-corrected chi connectivity index (χ0v) is 20.8. The molecule has 3 aromatic rings. The zero-order chi connectivity index (χ0) is 26.0. The Bertz CT molecular complexity index is 1650. The van der Waals surface area contributed by atoms with E-state index in [-0.39, 0.29) is 17.0 Å². The molecule has 2 aromatic carbocycles. The highest BCUT2D eigenvalue weighted by molar-refractivity contribution is 7.07. The third-order valence-electron chi connectivity index (χ3n) is 5.85. The van der Waals surface area contributed by atoms with E-state index in [1.54, 1.807) is 42.5 Å². The lowest BCUT2D eigenvalue weighted by Gasteiger charge is -2.24. The zero-order valence-electron chi connectivity index (χ0n) is 20.0. The minimum absolute atomic E-state index is 0.0418. The second-order valence-electron chi connectivity index (χ2n) is 7.59. The van der Waals surface area contributed by atoms with Gasteiger partial charge in [-0.25, -0.2) is 0 Å². The van der Waals surface area contributed by atoms with Crippen LogP contribution in [0.5, 0.6) is 23.0 Å². The fraction of sp³-hybridized carbons (Fsp3) is 0.192. The maximum absolute atomic E-state index is 13.5. The molecular weight excluding hydrogens is 480 g/mol. The third kappa shape index (κ3) is 3.74. The molecule has 0 amide bonds. The summed E-state index contributed by atoms with van der Waals surface area (Å²) in [7, 11) is 6.01. The number of nitriles is 2. The molecule has 0 radical (unpaired) electrons. The lowest BCUT2D eigenvalue weighted by molar-refractivity contribution is 0.351. The summed E-state index contributed by atoms with van der Waals surface area (Å²) in [6.07, 6.45) is 1.65. The average molecular weight is 503 g/mol. The van der Waals surface area contributed by atoms with Crippen LogP contribution in [-0.4, -0.2) is 33.0 Å². The second kappa shape index (κ2) is 9.90. The van der Waals surface area contributed by atoms with Crippen LogP contribution in [0.3, 0.4) is 0 Å². The smallest absolute Gasteiger partial charge is 0.274 e. The van der Waals surface area contributed by atoms with Crippen LogP contribution in [-0.2, 0) is 0 Å². The number of ether oxygens (including phenoxy) is 4. The van der Waals surface area contributed by atoms with E-state index in [1.165, 1.54) is 33.0 Å². The minimum atomic E-state index is -0.845. The first kappa shape index (κ1) is 24.5. The highest BCUT2D eigenvalue weighted by Crippen LogP contribution is 2.43. The predicted octanol–water partition coefficient (Wildman–Crippen LogP) is 1.90. The predicted molar refractivity (Wildman–Crippen MR) is 135 cm³/mol. The van der Waals surface area contributed by atoms with Gasteiger partial charge in [-0.3, -0.25) is 9.36 Å². The van der Waals surface area contributed by atoms with Gasteiger partial charge in [-0.1, -0.05) is 24.3 Å². The van der Waals surface area contributed by atoms with Crippen molar-refractivity contribution in [2.75, 3.05) is 28.4 Å². The highest BCUT2D eigenvalue weighted by atomic mass is 32.1. The fourth-order valence-corrected chi connectivity index (χ4v) is 5.39. The van der Waals surface area contributed by atoms with Gasteiger partial charge in [0.05, 0.1) is 62.2 Å². The molecule has 1 aliphatic heterocycles. The van der Waals surface area contributed by atoms with Crippen molar-refractivity contribution >= 4 is 28.8 Å². The van der Waals surface area contributed by atoms with Gasteiger partial charge >= 0.3 is 0 Å². The summed E-state index contributed by atoms with van der Waals surface area (Å²) in [5.74, 6) is 0.894. The number of hydrogen-bond donors (Lipinski definition) is 1. The molecular formula is C26H22N4O5S. The summed E-state index contributed by atoms with van der Waals surface area (Å²) >= 11 is 1.10. The third-order valence-corrected chi connectivity index (χ3v) is 6.96. The van der Waals surface area contributed by atoms with Gasteiger partial charge in [-0.15, -0.1) is 11.3 Å². The Morgan fingerprint density at radius 2 is 1.53 bits per heavy atom. The van der Waals surface area contributed by atoms with Crippen molar-refractivity contribution in [1.82, 2.24) is 4.57 Å². The van der Waals surface area contributed by atoms with Gasteiger partial charge < -0.3 is 24.7 Å². The van der Waals surface area contributed by atoms with Crippen molar-refractivity contribution in [3.05, 3.63) is 72.6 Å². The number of rotatable bonds is 6. The van der Waals surface area contributed by atoms with Gasteiger partial charge in [0.25, 0.3) is 5.56 Å². The minimum Gasteiger partial charge on any atom is -0.493 e. The Labute approximate surface area is 210 Å². The molecule has 1 unspecified atom stereocenters. The molecule has 36 heavy (non-hydrogen) atoms. The van der Waals surface area contributed by atoms with E-state index in [4.69, 9.17) is 24.7 Å². The Balaban J connectivity index is 2.08. The number of thiazole rings is 1. The summed E-state index contributed by atoms with van der Waals surface area (Å²) in [6.45, 7) is 0. The van der Waals surface area contributed by atoms with Gasteiger partial charge in [-0.2, -0.15) is 10.5 Å². The lowest BCUT2D eigenvalue weighted by atomic mass is 9.84. The van der Waals surface area contributed by atoms with E-state index in [0.29, 0.717) is 43.3 Å². The van der Waals surface area contributed by atoms with Crippen LogP contribution in [0.15, 0.2) is 46.8 Å². The molecule has 0 aliphatic carbocycles. The van der Waals surface area contributed by atoms with E-state index in [0.717, 1.165) is 11.3 Å². The Hall–Kier alpha value is -4.67. The van der Waals surface area contributed by atoms with Gasteiger partial charge in [0.1, 0.15) is 10.5 Å². The first-order valence-electron chi connectivity index (χ1n) is 10.6. The summed E-state index contributed by atoms with van der Waals surface area (Å²) in [5, 5.41) is 20.3. The number of benzene rings is 2. The number of nitrogens with two attached hydrogens (primary N) is 1. The molecule has 10 heteroatoms. The molecule has 1 aliphatic rings. The van der Waals surface area contributed by atoms with E-state index in [9.17, 15) is 15.3 Å². The molecule has 1 aromatic heterocycles. The van der Waals surface area contributed by atoms with E-state index in [1.807, 2.05) is 0 Å². The molecule has 182 valence electrons. The normalized spacial score (nSPS) is 15.1. The van der Waals surface area contributed by atoms with E-state index >= 15 is 0 Å². The quantitative estimate of drug-likeness (QED) is 0.540. The Kier molecular flexibility index (Phi) is 6.73. The molecule has 2 heterocycles. The average Bonchev–Trinajstić information content (AvgIpc) is 3.23. The Morgan fingerprint density at radius 1 is 0.917 bits per heavy atom. The van der Waals surface area contributed by atoms with Crippen LogP contribution < -0.4 is 39.4 Å². The molecule has 0 spiro atoms. The van der Waals surface area contributed by atoms with Crippen molar-refractivity contribution in [3.8, 4) is 35.1 Å². The van der Waals surface area contributed by atoms with Gasteiger partial charge in [0.15, 0.2) is 23.0 Å². The topological polar surface area (TPSA) is 133 Å². The van der Waals surface area contributed by atoms with E-state index in [2.05, 4.69) is 12.1 Å². The Morgan fingerprint density at radius 3 is 2.11 bits per heavy atom. The van der Waals surface area contributed by atoms with Crippen LogP contribution in [0.2, 0.25) is 0 Å². The maximum Gasteiger partial charge on any atom is 0.274 e. The van der Waals surface area contributed by atoms with Crippen LogP contribution in [0.4, 0.5) is 0 Å². The number of nitrogens with zero attached hydrogens (tertiary/aromatic N) is 3. The van der Waals surface area contributed by atoms with Crippen molar-refractivity contribution < 1.29 is 18.9 Å². The first-order chi connectivity index (χ1) is 17.4. The summed E-state index contributed by atoms with van der Waals surface area (Å²) in [4.78, 5) is 13.5. The van der Waals surface area contributed by atoms with Crippen molar-refractivity contribution in [2.45, 2.75) is 5.92 Å². The molecule has 0 bridgehead atoms. The molecule has 0 saturated carbocycles. The summed E-state index contributed by atoms with van der Waals surface area (Å²) in [5.41, 5.74) is 7.35. The van der Waals surface area contributed by atoms with Crippen LogP contribution in [0.25, 0.3) is 17.5 Å². The molecule has 0 fully saturated rings. The highest BCUT2D eigenvalue weighted by Gasteiger charge is 2.34. The SMILES string of the molecule is COc1cccc(C=c2sc3n(c2=O)C(N)=C(C#N)C(c2cccc(OC)c2OC)C=3C#N)c1OC. The standard InChI is InChI=1S/C26H22N4O5S/c1-32-18-9-5-7-14(22(18)34-3)11-20-25(31)30-24(29)16(12-27)21(17(13-28)26(30)36-20)15-8-6-10-19(33-2)23(15)35-4/h5-11,21H,29H2,1-4H3. The summed E-state index contributed by atoms with van der Waals surface area (Å²) < 4.78 is 23.7. The lowest BCUT2D eigenvalue weighted by Crippen LogP contribution is -2.38. The number of fused-ring (bicyclic) bond motifs is 1. The second-order valence-corrected chi connectivity index (χ2v) is 8.62. The van der Waals surface area contributed by atoms with Crippen LogP contribution >= 0.6 is 11.3 Å². The fourth-order valence-electron chi connectivity index (χ4n) is 4.27. The molecule has 2 N–H and O–H groups in total. The van der Waals surface area contributed by atoms with Gasteiger partial charge in [0, 0.05) is 11.1 Å². The monoisotopic (exact) mass is 502 g/mol. The molecule has 0 saturated heterocycles. The molecule has 9 nitrogen and oxygen atoms in total. The summed E-state index contributed by atoms with van der Waals surface area (Å²) in [6, 6.07) is 14.8. The van der Waals surface area contributed by atoms with Crippen molar-refractivity contribution in [1.29, 1.82) is 10.5 Å². The van der Waals surface area contributed by atoms with Crippen molar-refractivity contribution in [3.63, 3.8) is 0 Å². The number of para-hydroxylation sites is 2.